The van der Waals surface area contributed by atoms with Crippen molar-refractivity contribution in [3.63, 3.8) is 0 Å². The van der Waals surface area contributed by atoms with Crippen molar-refractivity contribution >= 4 is 23.5 Å². The lowest BCUT2D eigenvalue weighted by Gasteiger charge is -2.22. The van der Waals surface area contributed by atoms with Gasteiger partial charge in [0.05, 0.1) is 12.0 Å². The number of nitro groups is 1. The van der Waals surface area contributed by atoms with Crippen LogP contribution in [-0.2, 0) is 4.79 Å². The molecule has 0 N–H and O–H groups in total. The van der Waals surface area contributed by atoms with Crippen molar-refractivity contribution in [1.29, 1.82) is 0 Å². The van der Waals surface area contributed by atoms with E-state index in [0.717, 1.165) is 24.3 Å². The Morgan fingerprint density at radius 1 is 1.21 bits per heavy atom. The third kappa shape index (κ3) is 4.85. The predicted octanol–water partition coefficient (Wildman–Crippen LogP) is 2.75. The molecule has 1 fully saturated rings. The van der Waals surface area contributed by atoms with Crippen LogP contribution in [-0.4, -0.2) is 54.0 Å². The molecular weight excluding hydrogens is 360 g/mol. The lowest BCUT2D eigenvalue weighted by atomic mass is 10.2. The number of aromatic nitrogens is 1. The highest BCUT2D eigenvalue weighted by Gasteiger charge is 2.19. The number of amides is 1. The Bertz CT molecular complexity index is 867. The second-order valence-corrected chi connectivity index (χ2v) is 6.41. The molecule has 1 saturated heterocycles. The minimum atomic E-state index is -0.464. The summed E-state index contributed by atoms with van der Waals surface area (Å²) in [6.45, 7) is 2.60. The van der Waals surface area contributed by atoms with E-state index in [4.69, 9.17) is 4.74 Å². The molecule has 0 saturated carbocycles. The predicted molar refractivity (Wildman–Crippen MR) is 106 cm³/mol. The molecule has 1 aromatic carbocycles. The molecule has 28 heavy (non-hydrogen) atoms. The number of pyridine rings is 1. The van der Waals surface area contributed by atoms with E-state index in [1.165, 1.54) is 12.3 Å². The number of carbonyl (C=O) groups excluding carboxylic acids is 1. The largest absolute Gasteiger partial charge is 0.497 e. The van der Waals surface area contributed by atoms with Gasteiger partial charge >= 0.3 is 0 Å². The molecule has 146 valence electrons. The lowest BCUT2D eigenvalue weighted by molar-refractivity contribution is -0.385. The Hall–Kier alpha value is -3.42. The number of hydrogen-bond acceptors (Lipinski definition) is 6. The topological polar surface area (TPSA) is 88.8 Å². The van der Waals surface area contributed by atoms with Crippen LogP contribution >= 0.6 is 0 Å². The van der Waals surface area contributed by atoms with Gasteiger partial charge in [0.25, 0.3) is 5.69 Å². The summed E-state index contributed by atoms with van der Waals surface area (Å²) in [6.07, 6.45) is 5.43. The molecule has 3 rings (SSSR count). The molecule has 2 aromatic rings. The molecule has 1 amide bonds. The Labute approximate surface area is 163 Å². The number of benzene rings is 1. The van der Waals surface area contributed by atoms with Gasteiger partial charge in [-0.05, 0) is 36.3 Å². The summed E-state index contributed by atoms with van der Waals surface area (Å²) >= 11 is 0. The van der Waals surface area contributed by atoms with Crippen molar-refractivity contribution < 1.29 is 14.5 Å². The summed E-state index contributed by atoms with van der Waals surface area (Å²) in [6, 6.07) is 10.6. The molecule has 0 bridgehead atoms. The molecule has 1 aromatic heterocycles. The summed E-state index contributed by atoms with van der Waals surface area (Å²) in [7, 11) is 1.61. The Balaban J connectivity index is 1.60. The molecule has 1 aliphatic rings. The van der Waals surface area contributed by atoms with Gasteiger partial charge in [0.15, 0.2) is 0 Å². The second-order valence-electron chi connectivity index (χ2n) is 6.41. The lowest BCUT2D eigenvalue weighted by Crippen LogP contribution is -2.34. The van der Waals surface area contributed by atoms with Crippen molar-refractivity contribution in [2.75, 3.05) is 38.2 Å². The zero-order chi connectivity index (χ0) is 19.9. The summed E-state index contributed by atoms with van der Waals surface area (Å²) in [4.78, 5) is 30.9. The van der Waals surface area contributed by atoms with Gasteiger partial charge in [-0.2, -0.15) is 0 Å². The van der Waals surface area contributed by atoms with Crippen molar-refractivity contribution in [2.24, 2.45) is 0 Å². The fraction of sp³-hybridized carbons (Fsp3) is 0.300. The van der Waals surface area contributed by atoms with Gasteiger partial charge in [0.2, 0.25) is 5.91 Å². The second kappa shape index (κ2) is 8.98. The Morgan fingerprint density at radius 3 is 2.79 bits per heavy atom. The maximum atomic E-state index is 12.5. The highest BCUT2D eigenvalue weighted by molar-refractivity contribution is 5.91. The molecule has 0 radical (unpaired) electrons. The van der Waals surface area contributed by atoms with Crippen LogP contribution in [0.5, 0.6) is 5.75 Å². The van der Waals surface area contributed by atoms with E-state index < -0.39 is 4.92 Å². The van der Waals surface area contributed by atoms with Gasteiger partial charge in [-0.15, -0.1) is 0 Å². The zero-order valence-corrected chi connectivity index (χ0v) is 15.7. The maximum Gasteiger partial charge on any atom is 0.287 e. The van der Waals surface area contributed by atoms with Gasteiger partial charge < -0.3 is 14.5 Å². The molecular formula is C20H22N4O4. The van der Waals surface area contributed by atoms with E-state index in [0.29, 0.717) is 25.5 Å². The number of rotatable bonds is 5. The first-order valence-corrected chi connectivity index (χ1v) is 9.03. The first-order valence-electron chi connectivity index (χ1n) is 9.03. The number of methoxy groups -OCH3 is 1. The first-order chi connectivity index (χ1) is 13.6. The zero-order valence-electron chi connectivity index (χ0n) is 15.7. The van der Waals surface area contributed by atoms with Crippen LogP contribution in [0.25, 0.3) is 6.08 Å². The highest BCUT2D eigenvalue weighted by atomic mass is 16.6. The standard InChI is InChI=1S/C20H22N4O4/c1-28-18-5-2-4-16(14-18)6-9-20(25)23-11-3-10-22(12-13-23)19-8-7-17(15-21-19)24(26)27/h2,4-9,14-15H,3,10-13H2,1H3/b9-6+. The van der Waals surface area contributed by atoms with E-state index in [2.05, 4.69) is 4.98 Å². The van der Waals surface area contributed by atoms with Crippen LogP contribution < -0.4 is 9.64 Å². The molecule has 0 unspecified atom stereocenters. The molecule has 8 nitrogen and oxygen atoms in total. The normalized spacial score (nSPS) is 14.8. The van der Waals surface area contributed by atoms with Gasteiger partial charge in [-0.1, -0.05) is 12.1 Å². The SMILES string of the molecule is COc1cccc(/C=C/C(=O)N2CCCN(c3ccc([N+](=O)[O-])cn3)CC2)c1. The number of anilines is 1. The summed E-state index contributed by atoms with van der Waals surface area (Å²) < 4.78 is 5.19. The molecule has 2 heterocycles. The third-order valence-electron chi connectivity index (χ3n) is 4.59. The number of carbonyl (C=O) groups is 1. The van der Waals surface area contributed by atoms with Crippen molar-refractivity contribution in [3.05, 3.63) is 64.3 Å². The highest BCUT2D eigenvalue weighted by Crippen LogP contribution is 2.18. The van der Waals surface area contributed by atoms with E-state index in [9.17, 15) is 14.9 Å². The van der Waals surface area contributed by atoms with Gasteiger partial charge in [0, 0.05) is 38.3 Å². The van der Waals surface area contributed by atoms with E-state index >= 15 is 0 Å². The minimum Gasteiger partial charge on any atom is -0.497 e. The van der Waals surface area contributed by atoms with Crippen LogP contribution in [0.3, 0.4) is 0 Å². The fourth-order valence-electron chi connectivity index (χ4n) is 3.06. The van der Waals surface area contributed by atoms with E-state index in [1.54, 1.807) is 25.3 Å². The van der Waals surface area contributed by atoms with Crippen LogP contribution in [0.4, 0.5) is 11.5 Å². The summed E-state index contributed by atoms with van der Waals surface area (Å²) in [5.41, 5.74) is 0.872. The van der Waals surface area contributed by atoms with Crippen LogP contribution in [0, 0.1) is 10.1 Å². The number of nitrogens with zero attached hydrogens (tertiary/aromatic N) is 4. The van der Waals surface area contributed by atoms with Crippen molar-refractivity contribution in [2.45, 2.75) is 6.42 Å². The van der Waals surface area contributed by atoms with Gasteiger partial charge in [0.1, 0.15) is 17.8 Å². The fourth-order valence-corrected chi connectivity index (χ4v) is 3.06. The van der Waals surface area contributed by atoms with Crippen LogP contribution in [0.15, 0.2) is 48.7 Å². The third-order valence-corrected chi connectivity index (χ3v) is 4.59. The molecule has 8 heteroatoms. The quantitative estimate of drug-likeness (QED) is 0.449. The van der Waals surface area contributed by atoms with Gasteiger partial charge in [-0.3, -0.25) is 14.9 Å². The summed E-state index contributed by atoms with van der Waals surface area (Å²) in [5.74, 6) is 1.39. The van der Waals surface area contributed by atoms with Crippen molar-refractivity contribution in [1.82, 2.24) is 9.88 Å². The number of ether oxygens (including phenoxy) is 1. The van der Waals surface area contributed by atoms with Crippen LogP contribution in [0.2, 0.25) is 0 Å². The van der Waals surface area contributed by atoms with E-state index in [-0.39, 0.29) is 11.6 Å². The van der Waals surface area contributed by atoms with E-state index in [1.807, 2.05) is 34.1 Å². The summed E-state index contributed by atoms with van der Waals surface area (Å²) in [5, 5.41) is 10.8. The Kier molecular flexibility index (Phi) is 6.21. The molecule has 0 spiro atoms. The molecule has 0 atom stereocenters. The average Bonchev–Trinajstić information content (AvgIpc) is 2.98. The van der Waals surface area contributed by atoms with Crippen molar-refractivity contribution in [3.8, 4) is 5.75 Å². The number of hydrogen-bond donors (Lipinski definition) is 0. The smallest absolute Gasteiger partial charge is 0.287 e. The maximum absolute atomic E-state index is 12.5. The Morgan fingerprint density at radius 2 is 2.07 bits per heavy atom. The molecule has 0 aliphatic carbocycles. The average molecular weight is 382 g/mol. The van der Waals surface area contributed by atoms with Gasteiger partial charge in [-0.25, -0.2) is 4.98 Å². The van der Waals surface area contributed by atoms with Crippen LogP contribution in [0.1, 0.15) is 12.0 Å². The first kappa shape index (κ1) is 19.3. The minimum absolute atomic E-state index is 0.0296. The molecule has 1 aliphatic heterocycles. The monoisotopic (exact) mass is 382 g/mol.